The van der Waals surface area contributed by atoms with E-state index in [4.69, 9.17) is 5.10 Å². The number of aryl methyl sites for hydroxylation is 3. The molecule has 0 bridgehead atoms. The first-order valence-electron chi connectivity index (χ1n) is 9.24. The number of rotatable bonds is 2. The smallest absolute Gasteiger partial charge is 0.235 e. The second-order valence-corrected chi connectivity index (χ2v) is 11.3. The van der Waals surface area contributed by atoms with Crippen LogP contribution in [0.3, 0.4) is 0 Å². The predicted octanol–water partition coefficient (Wildman–Crippen LogP) is 1.85. The first-order chi connectivity index (χ1) is 13.0. The Balaban J connectivity index is 1.86. The highest BCUT2D eigenvalue weighted by molar-refractivity contribution is 8.00. The Bertz CT molecular complexity index is 1090. The average molecular weight is 424 g/mol. The molecule has 2 atom stereocenters. The van der Waals surface area contributed by atoms with Crippen LogP contribution in [-0.4, -0.2) is 51.1 Å². The monoisotopic (exact) mass is 423 g/mol. The van der Waals surface area contributed by atoms with Crippen LogP contribution >= 0.6 is 11.8 Å². The Morgan fingerprint density at radius 1 is 1.18 bits per heavy atom. The Morgan fingerprint density at radius 3 is 2.50 bits per heavy atom. The van der Waals surface area contributed by atoms with Crippen molar-refractivity contribution in [2.45, 2.75) is 44.9 Å². The van der Waals surface area contributed by atoms with Gasteiger partial charge in [-0.3, -0.25) is 14.2 Å². The zero-order valence-corrected chi connectivity index (χ0v) is 18.4. The third-order valence-electron chi connectivity index (χ3n) is 5.77. The summed E-state index contributed by atoms with van der Waals surface area (Å²) in [4.78, 5) is 12.2. The lowest BCUT2D eigenvalue weighted by Gasteiger charge is -2.25. The van der Waals surface area contributed by atoms with Crippen LogP contribution in [0.2, 0.25) is 0 Å². The highest BCUT2D eigenvalue weighted by atomic mass is 32.2. The van der Waals surface area contributed by atoms with Crippen LogP contribution < -0.4 is 5.32 Å². The maximum absolute atomic E-state index is 12.2. The molecule has 1 saturated heterocycles. The fraction of sp³-hybridized carbons (Fsp3) is 0.611. The van der Waals surface area contributed by atoms with Gasteiger partial charge in [0.25, 0.3) is 0 Å². The molecule has 4 heterocycles. The molecule has 0 saturated carbocycles. The summed E-state index contributed by atoms with van der Waals surface area (Å²) >= 11 is 1.56. The number of amides is 1. The molecular formula is C18H25N5O3S2. The third kappa shape index (κ3) is 2.97. The molecule has 10 heteroatoms. The second-order valence-electron chi connectivity index (χ2n) is 8.05. The molecule has 0 aromatic carbocycles. The maximum atomic E-state index is 12.2. The van der Waals surface area contributed by atoms with Crippen molar-refractivity contribution in [3.8, 4) is 0 Å². The number of nitrogens with zero attached hydrogens (tertiary/aromatic N) is 4. The molecule has 0 unspecified atom stereocenters. The van der Waals surface area contributed by atoms with E-state index in [1.165, 1.54) is 0 Å². The average Bonchev–Trinajstić information content (AvgIpc) is 3.09. The molecule has 2 aromatic rings. The Kier molecular flexibility index (Phi) is 4.42. The number of anilines is 1. The number of hydrogen-bond donors (Lipinski definition) is 1. The van der Waals surface area contributed by atoms with Gasteiger partial charge in [0.15, 0.2) is 9.84 Å². The maximum Gasteiger partial charge on any atom is 0.235 e. The SMILES string of the molecule is Cc1nn(C)c2c1[C@@H](c1c(C)nn([C@@]3(C)CCS(=O)(=O)C3)c1C)SCC(=O)N2. The van der Waals surface area contributed by atoms with Crippen LogP contribution in [0.15, 0.2) is 0 Å². The van der Waals surface area contributed by atoms with Gasteiger partial charge in [-0.2, -0.15) is 10.2 Å². The third-order valence-corrected chi connectivity index (χ3v) is 8.89. The minimum absolute atomic E-state index is 0.0479. The van der Waals surface area contributed by atoms with Gasteiger partial charge in [0, 0.05) is 23.9 Å². The zero-order chi connectivity index (χ0) is 20.4. The molecule has 0 spiro atoms. The van der Waals surface area contributed by atoms with Gasteiger partial charge >= 0.3 is 0 Å². The van der Waals surface area contributed by atoms with E-state index in [2.05, 4.69) is 10.4 Å². The zero-order valence-electron chi connectivity index (χ0n) is 16.7. The van der Waals surface area contributed by atoms with Crippen molar-refractivity contribution < 1.29 is 13.2 Å². The van der Waals surface area contributed by atoms with Crippen LogP contribution in [0.1, 0.15) is 46.8 Å². The van der Waals surface area contributed by atoms with Gasteiger partial charge < -0.3 is 5.32 Å². The molecule has 28 heavy (non-hydrogen) atoms. The number of aromatic nitrogens is 4. The van der Waals surface area contributed by atoms with Crippen LogP contribution in [0.5, 0.6) is 0 Å². The molecule has 2 aliphatic heterocycles. The summed E-state index contributed by atoms with van der Waals surface area (Å²) in [7, 11) is -1.22. The van der Waals surface area contributed by atoms with Crippen LogP contribution in [0.25, 0.3) is 0 Å². The number of fused-ring (bicyclic) bond motifs is 1. The number of thioether (sulfide) groups is 1. The fourth-order valence-corrected chi connectivity index (χ4v) is 7.95. The van der Waals surface area contributed by atoms with Gasteiger partial charge in [0.05, 0.1) is 39.4 Å². The molecule has 152 valence electrons. The van der Waals surface area contributed by atoms with E-state index in [9.17, 15) is 13.2 Å². The van der Waals surface area contributed by atoms with E-state index in [0.29, 0.717) is 12.2 Å². The number of carbonyl (C=O) groups excluding carboxylic acids is 1. The first-order valence-corrected chi connectivity index (χ1v) is 12.1. The lowest BCUT2D eigenvalue weighted by atomic mass is 9.99. The Labute approximate surface area is 169 Å². The number of nitrogens with one attached hydrogen (secondary N) is 1. The standard InChI is InChI=1S/C18H25N5O3S2/c1-10-14(12(3)23(21-10)18(4)6-7-28(25,26)9-18)16-15-11(2)20-22(5)17(15)19-13(24)8-27-16/h16H,6-9H2,1-5H3,(H,19,24)/t16-,18+/m1/s1. The molecule has 2 aromatic heterocycles. The fourth-order valence-electron chi connectivity index (χ4n) is 4.50. The molecule has 1 amide bonds. The molecule has 1 N–H and O–H groups in total. The summed E-state index contributed by atoms with van der Waals surface area (Å²) in [5.41, 5.74) is 4.20. The molecule has 4 rings (SSSR count). The van der Waals surface area contributed by atoms with E-state index in [1.807, 2.05) is 39.4 Å². The lowest BCUT2D eigenvalue weighted by Crippen LogP contribution is -2.33. The van der Waals surface area contributed by atoms with Gasteiger partial charge in [-0.25, -0.2) is 8.42 Å². The van der Waals surface area contributed by atoms with Crippen molar-refractivity contribution in [1.82, 2.24) is 19.6 Å². The summed E-state index contributed by atoms with van der Waals surface area (Å²) in [5.74, 6) is 1.32. The normalized spacial score (nSPS) is 26.8. The van der Waals surface area contributed by atoms with Crippen LogP contribution in [0.4, 0.5) is 5.82 Å². The van der Waals surface area contributed by atoms with Crippen molar-refractivity contribution in [2.24, 2.45) is 7.05 Å². The van der Waals surface area contributed by atoms with Gasteiger partial charge in [-0.1, -0.05) is 0 Å². The van der Waals surface area contributed by atoms with E-state index in [1.54, 1.807) is 16.4 Å². The van der Waals surface area contributed by atoms with E-state index in [0.717, 1.165) is 34.0 Å². The van der Waals surface area contributed by atoms with E-state index >= 15 is 0 Å². The van der Waals surface area contributed by atoms with E-state index < -0.39 is 15.4 Å². The summed E-state index contributed by atoms with van der Waals surface area (Å²) in [6, 6.07) is 0. The van der Waals surface area contributed by atoms with Crippen molar-refractivity contribution in [2.75, 3.05) is 22.6 Å². The van der Waals surface area contributed by atoms with Crippen molar-refractivity contribution in [3.05, 3.63) is 28.2 Å². The number of sulfone groups is 1. The first kappa shape index (κ1) is 19.5. The topological polar surface area (TPSA) is 98.9 Å². The quantitative estimate of drug-likeness (QED) is 0.791. The predicted molar refractivity (Wildman–Crippen MR) is 109 cm³/mol. The largest absolute Gasteiger partial charge is 0.310 e. The summed E-state index contributed by atoms with van der Waals surface area (Å²) in [6.45, 7) is 7.87. The number of hydrogen-bond acceptors (Lipinski definition) is 6. The number of carbonyl (C=O) groups is 1. The van der Waals surface area contributed by atoms with Gasteiger partial charge in [0.2, 0.25) is 5.91 Å². The van der Waals surface area contributed by atoms with Crippen molar-refractivity contribution >= 4 is 33.3 Å². The molecule has 0 radical (unpaired) electrons. The Hall–Kier alpha value is -1.81. The lowest BCUT2D eigenvalue weighted by molar-refractivity contribution is -0.113. The van der Waals surface area contributed by atoms with Crippen LogP contribution in [-0.2, 0) is 27.2 Å². The molecular weight excluding hydrogens is 398 g/mol. The van der Waals surface area contributed by atoms with Gasteiger partial charge in [-0.15, -0.1) is 11.8 Å². The van der Waals surface area contributed by atoms with Crippen LogP contribution in [0, 0.1) is 20.8 Å². The highest BCUT2D eigenvalue weighted by Gasteiger charge is 2.43. The second kappa shape index (κ2) is 6.35. The molecule has 0 aliphatic carbocycles. The summed E-state index contributed by atoms with van der Waals surface area (Å²) < 4.78 is 27.8. The minimum Gasteiger partial charge on any atom is -0.310 e. The van der Waals surface area contributed by atoms with Crippen molar-refractivity contribution in [3.63, 3.8) is 0 Å². The molecule has 1 fully saturated rings. The minimum atomic E-state index is -3.05. The summed E-state index contributed by atoms with van der Waals surface area (Å²) in [5, 5.41) is 12.2. The summed E-state index contributed by atoms with van der Waals surface area (Å²) in [6.07, 6.45) is 0.561. The Morgan fingerprint density at radius 2 is 1.86 bits per heavy atom. The molecule has 2 aliphatic rings. The van der Waals surface area contributed by atoms with Gasteiger partial charge in [0.1, 0.15) is 5.82 Å². The van der Waals surface area contributed by atoms with E-state index in [-0.39, 0.29) is 22.7 Å². The highest BCUT2D eigenvalue weighted by Crippen LogP contribution is 2.46. The van der Waals surface area contributed by atoms with Crippen molar-refractivity contribution in [1.29, 1.82) is 0 Å². The van der Waals surface area contributed by atoms with Gasteiger partial charge in [-0.05, 0) is 34.1 Å². The molecule has 8 nitrogen and oxygen atoms in total.